The van der Waals surface area contributed by atoms with Gasteiger partial charge in [0.1, 0.15) is 17.2 Å². The van der Waals surface area contributed by atoms with E-state index in [0.717, 1.165) is 16.5 Å². The van der Waals surface area contributed by atoms with Gasteiger partial charge in [-0.05, 0) is 72.6 Å². The molecule has 3 aromatic carbocycles. The lowest BCUT2D eigenvalue weighted by molar-refractivity contribution is -0.134. The smallest absolute Gasteiger partial charge is 0.311 e. The number of ether oxygens (including phenoxy) is 3. The maximum atomic E-state index is 12.1. The molecule has 0 atom stereocenters. The van der Waals surface area contributed by atoms with Crippen LogP contribution < -0.4 is 14.2 Å². The van der Waals surface area contributed by atoms with Crippen molar-refractivity contribution >= 4 is 22.5 Å². The Morgan fingerprint density at radius 2 is 1.46 bits per heavy atom. The lowest BCUT2D eigenvalue weighted by Crippen LogP contribution is -2.10. The summed E-state index contributed by atoms with van der Waals surface area (Å²) in [5.41, 5.74) is 0.643. The van der Waals surface area contributed by atoms with E-state index in [4.69, 9.17) is 14.2 Å². The monoisotopic (exact) mass is 378 g/mol. The third kappa shape index (κ3) is 5.10. The third-order valence-corrected chi connectivity index (χ3v) is 4.31. The van der Waals surface area contributed by atoms with Crippen LogP contribution in [0.15, 0.2) is 60.7 Å². The molecule has 0 aliphatic heterocycles. The van der Waals surface area contributed by atoms with Gasteiger partial charge >= 0.3 is 5.97 Å². The highest BCUT2D eigenvalue weighted by Crippen LogP contribution is 2.25. The molecule has 0 unspecified atom stereocenters. The molecule has 5 heteroatoms. The molecule has 28 heavy (non-hydrogen) atoms. The molecule has 0 aromatic heterocycles. The lowest BCUT2D eigenvalue weighted by atomic mass is 10.1. The predicted octanol–water partition coefficient (Wildman–Crippen LogP) is 4.82. The van der Waals surface area contributed by atoms with E-state index in [2.05, 4.69) is 0 Å². The minimum atomic E-state index is -0.308. The van der Waals surface area contributed by atoms with Gasteiger partial charge in [0.15, 0.2) is 5.78 Å². The zero-order valence-electron chi connectivity index (χ0n) is 15.9. The summed E-state index contributed by atoms with van der Waals surface area (Å²) in [4.78, 5) is 23.3. The normalized spacial score (nSPS) is 10.5. The Morgan fingerprint density at radius 1 is 0.821 bits per heavy atom. The molecule has 0 N–H and O–H groups in total. The van der Waals surface area contributed by atoms with Crippen LogP contribution in [0, 0.1) is 0 Å². The predicted molar refractivity (Wildman–Crippen MR) is 107 cm³/mol. The topological polar surface area (TPSA) is 61.8 Å². The minimum absolute atomic E-state index is 0.0152. The number of methoxy groups -OCH3 is 1. The number of ketones is 1. The highest BCUT2D eigenvalue weighted by molar-refractivity contribution is 5.94. The van der Waals surface area contributed by atoms with Crippen LogP contribution in [0.5, 0.6) is 17.2 Å². The molecule has 0 heterocycles. The molecular formula is C23H22O5. The first-order valence-electron chi connectivity index (χ1n) is 9.07. The van der Waals surface area contributed by atoms with E-state index in [1.54, 1.807) is 37.4 Å². The first-order chi connectivity index (χ1) is 13.5. The van der Waals surface area contributed by atoms with Crippen molar-refractivity contribution in [3.8, 4) is 17.2 Å². The van der Waals surface area contributed by atoms with E-state index >= 15 is 0 Å². The maximum Gasteiger partial charge on any atom is 0.311 e. The van der Waals surface area contributed by atoms with Crippen LogP contribution in [0.1, 0.15) is 30.1 Å². The van der Waals surface area contributed by atoms with Crippen molar-refractivity contribution in [3.05, 3.63) is 66.2 Å². The van der Waals surface area contributed by atoms with Gasteiger partial charge in [0, 0.05) is 12.0 Å². The standard InChI is InChI=1S/C23H22O5/c1-16(24)17-5-9-20(10-6-17)27-13-3-4-23(25)28-22-12-8-18-7-11-21(26-2)14-19(18)15-22/h5-12,14-15H,3-4,13H2,1-2H3. The van der Waals surface area contributed by atoms with Crippen LogP contribution in [0.2, 0.25) is 0 Å². The number of benzene rings is 3. The van der Waals surface area contributed by atoms with Gasteiger partial charge in [-0.2, -0.15) is 0 Å². The quantitative estimate of drug-likeness (QED) is 0.243. The maximum absolute atomic E-state index is 12.1. The average Bonchev–Trinajstić information content (AvgIpc) is 2.71. The van der Waals surface area contributed by atoms with Gasteiger partial charge in [0.2, 0.25) is 0 Å². The second-order valence-corrected chi connectivity index (χ2v) is 6.38. The van der Waals surface area contributed by atoms with E-state index in [1.807, 2.05) is 30.3 Å². The van der Waals surface area contributed by atoms with Crippen molar-refractivity contribution in [1.29, 1.82) is 0 Å². The number of fused-ring (bicyclic) bond motifs is 1. The summed E-state index contributed by atoms with van der Waals surface area (Å²) in [6.45, 7) is 1.91. The van der Waals surface area contributed by atoms with Gasteiger partial charge < -0.3 is 14.2 Å². The Balaban J connectivity index is 1.47. The van der Waals surface area contributed by atoms with Crippen molar-refractivity contribution in [3.63, 3.8) is 0 Å². The van der Waals surface area contributed by atoms with Crippen molar-refractivity contribution < 1.29 is 23.8 Å². The van der Waals surface area contributed by atoms with Crippen LogP contribution in [0.3, 0.4) is 0 Å². The first kappa shape index (κ1) is 19.4. The van der Waals surface area contributed by atoms with Crippen LogP contribution in [-0.2, 0) is 4.79 Å². The van der Waals surface area contributed by atoms with E-state index in [0.29, 0.717) is 30.1 Å². The van der Waals surface area contributed by atoms with Crippen LogP contribution >= 0.6 is 0 Å². The fourth-order valence-electron chi connectivity index (χ4n) is 2.77. The minimum Gasteiger partial charge on any atom is -0.497 e. The van der Waals surface area contributed by atoms with Gasteiger partial charge in [0.25, 0.3) is 0 Å². The summed E-state index contributed by atoms with van der Waals surface area (Å²) in [5.74, 6) is 1.64. The Hall–Kier alpha value is -3.34. The Labute approximate surface area is 163 Å². The summed E-state index contributed by atoms with van der Waals surface area (Å²) in [6.07, 6.45) is 0.788. The molecule has 0 saturated carbocycles. The molecule has 144 valence electrons. The molecule has 0 aliphatic carbocycles. The zero-order valence-corrected chi connectivity index (χ0v) is 15.9. The molecule has 3 aromatic rings. The fourth-order valence-corrected chi connectivity index (χ4v) is 2.77. The Kier molecular flexibility index (Phi) is 6.27. The Bertz CT molecular complexity index is 976. The summed E-state index contributed by atoms with van der Waals surface area (Å²) < 4.78 is 16.2. The molecule has 0 aliphatic rings. The van der Waals surface area contributed by atoms with E-state index in [1.165, 1.54) is 6.92 Å². The number of Topliss-reactive ketones (excluding diaryl/α,β-unsaturated/α-hetero) is 1. The fraction of sp³-hybridized carbons (Fsp3) is 0.217. The van der Waals surface area contributed by atoms with Gasteiger partial charge in [-0.15, -0.1) is 0 Å². The molecular weight excluding hydrogens is 356 g/mol. The number of hydrogen-bond acceptors (Lipinski definition) is 5. The lowest BCUT2D eigenvalue weighted by Gasteiger charge is -2.08. The average molecular weight is 378 g/mol. The Morgan fingerprint density at radius 3 is 2.14 bits per heavy atom. The van der Waals surface area contributed by atoms with Crippen LogP contribution in [-0.4, -0.2) is 25.5 Å². The van der Waals surface area contributed by atoms with E-state index in [-0.39, 0.29) is 18.2 Å². The van der Waals surface area contributed by atoms with Crippen molar-refractivity contribution in [2.75, 3.05) is 13.7 Å². The van der Waals surface area contributed by atoms with Gasteiger partial charge in [-0.3, -0.25) is 9.59 Å². The van der Waals surface area contributed by atoms with E-state index < -0.39 is 0 Å². The summed E-state index contributed by atoms with van der Waals surface area (Å²) in [5, 5.41) is 1.99. The molecule has 0 spiro atoms. The summed E-state index contributed by atoms with van der Waals surface area (Å²) >= 11 is 0. The number of carbonyl (C=O) groups is 2. The molecule has 0 saturated heterocycles. The second kappa shape index (κ2) is 9.04. The number of esters is 1. The molecule has 0 amide bonds. The van der Waals surface area contributed by atoms with Gasteiger partial charge in [-0.25, -0.2) is 0 Å². The van der Waals surface area contributed by atoms with Crippen molar-refractivity contribution in [1.82, 2.24) is 0 Å². The number of rotatable bonds is 8. The molecule has 3 rings (SSSR count). The van der Waals surface area contributed by atoms with Gasteiger partial charge in [0.05, 0.1) is 13.7 Å². The second-order valence-electron chi connectivity index (χ2n) is 6.38. The van der Waals surface area contributed by atoms with Crippen molar-refractivity contribution in [2.45, 2.75) is 19.8 Å². The summed E-state index contributed by atoms with van der Waals surface area (Å²) in [7, 11) is 1.62. The SMILES string of the molecule is COc1ccc2ccc(OC(=O)CCCOc3ccc(C(C)=O)cc3)cc2c1. The zero-order chi connectivity index (χ0) is 19.9. The number of hydrogen-bond donors (Lipinski definition) is 0. The van der Waals surface area contributed by atoms with Gasteiger partial charge in [-0.1, -0.05) is 12.1 Å². The molecule has 5 nitrogen and oxygen atoms in total. The number of carbonyl (C=O) groups excluding carboxylic acids is 2. The van der Waals surface area contributed by atoms with Crippen molar-refractivity contribution in [2.24, 2.45) is 0 Å². The molecule has 0 bridgehead atoms. The van der Waals surface area contributed by atoms with Crippen LogP contribution in [0.4, 0.5) is 0 Å². The largest absolute Gasteiger partial charge is 0.497 e. The van der Waals surface area contributed by atoms with Crippen LogP contribution in [0.25, 0.3) is 10.8 Å². The highest BCUT2D eigenvalue weighted by atomic mass is 16.5. The van der Waals surface area contributed by atoms with E-state index in [9.17, 15) is 9.59 Å². The third-order valence-electron chi connectivity index (χ3n) is 4.31. The first-order valence-corrected chi connectivity index (χ1v) is 9.07. The molecule has 0 fully saturated rings. The highest BCUT2D eigenvalue weighted by Gasteiger charge is 2.07. The summed E-state index contributed by atoms with van der Waals surface area (Å²) in [6, 6.07) is 18.2. The molecule has 0 radical (unpaired) electrons.